The van der Waals surface area contributed by atoms with Gasteiger partial charge in [0.2, 0.25) is 10.0 Å². The lowest BCUT2D eigenvalue weighted by Crippen LogP contribution is -2.46. The first-order valence-corrected chi connectivity index (χ1v) is 8.77. The fraction of sp³-hybridized carbons (Fsp3) is 0.786. The Hall–Kier alpha value is -0.920. The number of aromatic nitrogens is 2. The molecule has 1 aromatic rings. The molecule has 21 heavy (non-hydrogen) atoms. The molecular weight excluding hydrogens is 290 g/mol. The van der Waals surface area contributed by atoms with E-state index in [1.54, 1.807) is 13.8 Å². The molecule has 120 valence electrons. The fourth-order valence-corrected chi connectivity index (χ4v) is 4.29. The van der Waals surface area contributed by atoms with Gasteiger partial charge >= 0.3 is 0 Å². The first kappa shape index (κ1) is 16.5. The Bertz CT molecular complexity index is 590. The maximum absolute atomic E-state index is 12.4. The van der Waals surface area contributed by atoms with Crippen LogP contribution in [0, 0.1) is 19.3 Å². The van der Waals surface area contributed by atoms with Crippen molar-refractivity contribution in [2.75, 3.05) is 6.54 Å². The van der Waals surface area contributed by atoms with E-state index in [0.29, 0.717) is 24.2 Å². The molecule has 1 aromatic heterocycles. The van der Waals surface area contributed by atoms with Crippen LogP contribution in [-0.2, 0) is 10.0 Å². The van der Waals surface area contributed by atoms with E-state index >= 15 is 0 Å². The third-order valence-electron chi connectivity index (χ3n) is 4.45. The van der Waals surface area contributed by atoms with Crippen molar-refractivity contribution in [2.45, 2.75) is 63.9 Å². The Labute approximate surface area is 126 Å². The van der Waals surface area contributed by atoms with Crippen LogP contribution in [0.1, 0.15) is 50.9 Å². The minimum atomic E-state index is -3.65. The van der Waals surface area contributed by atoms with Crippen LogP contribution < -0.4 is 4.72 Å². The van der Waals surface area contributed by atoms with Gasteiger partial charge in [-0.05, 0) is 44.9 Å². The number of aliphatic hydroxyl groups is 1. The van der Waals surface area contributed by atoms with Gasteiger partial charge in [-0.3, -0.25) is 5.10 Å². The highest BCUT2D eigenvalue weighted by atomic mass is 32.2. The first-order valence-electron chi connectivity index (χ1n) is 7.28. The summed E-state index contributed by atoms with van der Waals surface area (Å²) in [5.74, 6) is 0. The molecule has 0 atom stereocenters. The van der Waals surface area contributed by atoms with Gasteiger partial charge in [0.25, 0.3) is 0 Å². The lowest BCUT2D eigenvalue weighted by molar-refractivity contribution is -0.0205. The van der Waals surface area contributed by atoms with Crippen molar-refractivity contribution in [3.63, 3.8) is 0 Å². The van der Waals surface area contributed by atoms with E-state index in [2.05, 4.69) is 28.8 Å². The van der Waals surface area contributed by atoms with Gasteiger partial charge in [-0.15, -0.1) is 0 Å². The summed E-state index contributed by atoms with van der Waals surface area (Å²) in [5.41, 5.74) is 0.227. The van der Waals surface area contributed by atoms with E-state index in [1.165, 1.54) is 0 Å². The van der Waals surface area contributed by atoms with Crippen molar-refractivity contribution < 1.29 is 13.5 Å². The van der Waals surface area contributed by atoms with Crippen molar-refractivity contribution in [1.29, 1.82) is 0 Å². The second kappa shape index (κ2) is 5.37. The summed E-state index contributed by atoms with van der Waals surface area (Å²) in [6.45, 7) is 7.72. The molecule has 7 heteroatoms. The number of rotatable bonds is 4. The molecule has 1 aliphatic rings. The van der Waals surface area contributed by atoms with Gasteiger partial charge in [-0.2, -0.15) is 5.10 Å². The highest BCUT2D eigenvalue weighted by Crippen LogP contribution is 2.40. The molecule has 1 aliphatic carbocycles. The average Bonchev–Trinajstić information content (AvgIpc) is 2.72. The van der Waals surface area contributed by atoms with E-state index in [-0.39, 0.29) is 16.9 Å². The minimum absolute atomic E-state index is 0.0511. The lowest BCUT2D eigenvalue weighted by atomic mass is 9.71. The third kappa shape index (κ3) is 3.64. The maximum atomic E-state index is 12.4. The van der Waals surface area contributed by atoms with Crippen LogP contribution in [-0.4, -0.2) is 35.9 Å². The number of sulfonamides is 1. The Balaban J connectivity index is 2.06. The molecule has 1 fully saturated rings. The molecule has 0 spiro atoms. The van der Waals surface area contributed by atoms with Gasteiger partial charge in [0.1, 0.15) is 4.90 Å². The fourth-order valence-electron chi connectivity index (χ4n) is 2.81. The molecule has 1 saturated carbocycles. The summed E-state index contributed by atoms with van der Waals surface area (Å²) in [7, 11) is -3.65. The monoisotopic (exact) mass is 315 g/mol. The van der Waals surface area contributed by atoms with Gasteiger partial charge in [0.15, 0.2) is 0 Å². The second-order valence-electron chi connectivity index (χ2n) is 6.98. The van der Waals surface area contributed by atoms with E-state index < -0.39 is 15.6 Å². The number of nitrogens with one attached hydrogen (secondary N) is 2. The number of aryl methyl sites for hydroxylation is 2. The normalized spacial score (nSPS) is 21.4. The van der Waals surface area contributed by atoms with Gasteiger partial charge in [0, 0.05) is 6.54 Å². The Kier molecular flexibility index (Phi) is 4.21. The predicted octanol–water partition coefficient (Wildman–Crippen LogP) is 1.64. The molecule has 2 rings (SSSR count). The Morgan fingerprint density at radius 2 is 1.81 bits per heavy atom. The zero-order valence-electron chi connectivity index (χ0n) is 13.2. The van der Waals surface area contributed by atoms with Crippen molar-refractivity contribution in [3.8, 4) is 0 Å². The molecule has 0 amide bonds. The van der Waals surface area contributed by atoms with Crippen molar-refractivity contribution in [1.82, 2.24) is 14.9 Å². The predicted molar refractivity (Wildman–Crippen MR) is 80.4 cm³/mol. The molecular formula is C14H25N3O3S. The quantitative estimate of drug-likeness (QED) is 0.787. The van der Waals surface area contributed by atoms with Crippen LogP contribution in [0.3, 0.4) is 0 Å². The Morgan fingerprint density at radius 3 is 2.29 bits per heavy atom. The third-order valence-corrected chi connectivity index (χ3v) is 6.12. The van der Waals surface area contributed by atoms with Gasteiger partial charge in [-0.25, -0.2) is 13.1 Å². The minimum Gasteiger partial charge on any atom is -0.389 e. The van der Waals surface area contributed by atoms with E-state index in [1.807, 2.05) is 0 Å². The number of aromatic amines is 1. The molecule has 0 unspecified atom stereocenters. The molecule has 0 bridgehead atoms. The van der Waals surface area contributed by atoms with Crippen molar-refractivity contribution >= 4 is 10.0 Å². The first-order chi connectivity index (χ1) is 9.55. The summed E-state index contributed by atoms with van der Waals surface area (Å²) in [6, 6.07) is 0. The number of H-pyrrole nitrogens is 1. The number of nitrogens with zero attached hydrogens (tertiary/aromatic N) is 1. The SMILES string of the molecule is Cc1n[nH]c(C)c1S(=O)(=O)NCC1(O)CCC(C)(C)CC1. The summed E-state index contributed by atoms with van der Waals surface area (Å²) < 4.78 is 27.3. The standard InChI is InChI=1S/C14H25N3O3S/c1-10-12(11(2)17-16-10)21(19,20)15-9-14(18)7-5-13(3,4)6-8-14/h15,18H,5-9H2,1-4H3,(H,16,17). The van der Waals surface area contributed by atoms with Crippen LogP contribution in [0.15, 0.2) is 4.90 Å². The van der Waals surface area contributed by atoms with Crippen molar-refractivity contribution in [3.05, 3.63) is 11.4 Å². The lowest BCUT2D eigenvalue weighted by Gasteiger charge is -2.40. The largest absolute Gasteiger partial charge is 0.389 e. The van der Waals surface area contributed by atoms with Gasteiger partial charge in [-0.1, -0.05) is 13.8 Å². The average molecular weight is 315 g/mol. The summed E-state index contributed by atoms with van der Waals surface area (Å²) in [5, 5.41) is 17.1. The van der Waals surface area contributed by atoms with E-state index in [4.69, 9.17) is 0 Å². The smallest absolute Gasteiger partial charge is 0.244 e. The Morgan fingerprint density at radius 1 is 1.24 bits per heavy atom. The second-order valence-corrected chi connectivity index (χ2v) is 8.68. The molecule has 0 radical (unpaired) electrons. The van der Waals surface area contributed by atoms with E-state index in [9.17, 15) is 13.5 Å². The highest BCUT2D eigenvalue weighted by molar-refractivity contribution is 7.89. The van der Waals surface area contributed by atoms with Gasteiger partial charge in [0.05, 0.1) is 17.0 Å². The van der Waals surface area contributed by atoms with Crippen LogP contribution in [0.2, 0.25) is 0 Å². The van der Waals surface area contributed by atoms with E-state index in [0.717, 1.165) is 12.8 Å². The number of hydrogen-bond donors (Lipinski definition) is 3. The topological polar surface area (TPSA) is 95.1 Å². The zero-order valence-corrected chi connectivity index (χ0v) is 14.0. The highest BCUT2D eigenvalue weighted by Gasteiger charge is 2.37. The molecule has 0 saturated heterocycles. The molecule has 0 aliphatic heterocycles. The summed E-state index contributed by atoms with van der Waals surface area (Å²) in [6.07, 6.45) is 3.03. The molecule has 1 heterocycles. The molecule has 6 nitrogen and oxygen atoms in total. The van der Waals surface area contributed by atoms with Crippen LogP contribution in [0.25, 0.3) is 0 Å². The summed E-state index contributed by atoms with van der Waals surface area (Å²) >= 11 is 0. The van der Waals surface area contributed by atoms with Gasteiger partial charge < -0.3 is 5.11 Å². The van der Waals surface area contributed by atoms with Crippen LogP contribution in [0.5, 0.6) is 0 Å². The van der Waals surface area contributed by atoms with Crippen molar-refractivity contribution in [2.24, 2.45) is 5.41 Å². The molecule has 3 N–H and O–H groups in total. The summed E-state index contributed by atoms with van der Waals surface area (Å²) in [4.78, 5) is 0.183. The number of hydrogen-bond acceptors (Lipinski definition) is 4. The zero-order chi connectivity index (χ0) is 15.9. The van der Waals surface area contributed by atoms with Crippen LogP contribution >= 0.6 is 0 Å². The molecule has 0 aromatic carbocycles. The van der Waals surface area contributed by atoms with Crippen LogP contribution in [0.4, 0.5) is 0 Å². The maximum Gasteiger partial charge on any atom is 0.244 e.